The van der Waals surface area contributed by atoms with Crippen molar-refractivity contribution < 1.29 is 9.84 Å². The second kappa shape index (κ2) is 9.10. The van der Waals surface area contributed by atoms with Crippen molar-refractivity contribution in [2.75, 3.05) is 44.8 Å². The maximum absolute atomic E-state index is 10.4. The molecule has 0 aromatic carbocycles. The van der Waals surface area contributed by atoms with Crippen LogP contribution in [0.1, 0.15) is 32.1 Å². The minimum atomic E-state index is -0.563. The van der Waals surface area contributed by atoms with Crippen LogP contribution in [0.3, 0.4) is 0 Å². The van der Waals surface area contributed by atoms with Gasteiger partial charge < -0.3 is 20.1 Å². The first-order valence-corrected chi connectivity index (χ1v) is 9.71. The highest BCUT2D eigenvalue weighted by molar-refractivity contribution is 14.0. The molecule has 1 atom stereocenters. The van der Waals surface area contributed by atoms with Gasteiger partial charge in [0.25, 0.3) is 0 Å². The topological polar surface area (TPSA) is 57.1 Å². The van der Waals surface area contributed by atoms with Crippen LogP contribution < -0.4 is 5.32 Å². The number of rotatable bonds is 5. The molecule has 0 aromatic rings. The number of hydrogen-bond donors (Lipinski definition) is 2. The molecule has 2 heterocycles. The van der Waals surface area contributed by atoms with Gasteiger partial charge in [-0.3, -0.25) is 4.99 Å². The summed E-state index contributed by atoms with van der Waals surface area (Å²) in [4.78, 5) is 6.68. The van der Waals surface area contributed by atoms with Crippen LogP contribution in [0.5, 0.6) is 0 Å². The predicted octanol–water partition coefficient (Wildman–Crippen LogP) is 1.94. The molecule has 1 unspecified atom stereocenters. The van der Waals surface area contributed by atoms with Crippen molar-refractivity contribution in [2.24, 2.45) is 10.9 Å². The highest BCUT2D eigenvalue weighted by atomic mass is 127. The van der Waals surface area contributed by atoms with E-state index in [0.29, 0.717) is 12.6 Å². The molecule has 0 radical (unpaired) electrons. The van der Waals surface area contributed by atoms with Crippen molar-refractivity contribution in [1.82, 2.24) is 10.2 Å². The van der Waals surface area contributed by atoms with Crippen molar-refractivity contribution in [3.8, 4) is 0 Å². The Morgan fingerprint density at radius 3 is 2.65 bits per heavy atom. The van der Waals surface area contributed by atoms with Crippen molar-refractivity contribution in [3.63, 3.8) is 0 Å². The first-order chi connectivity index (χ1) is 10.7. The van der Waals surface area contributed by atoms with Crippen molar-refractivity contribution in [1.29, 1.82) is 0 Å². The summed E-state index contributed by atoms with van der Waals surface area (Å²) in [6.45, 7) is 3.54. The first kappa shape index (κ1) is 19.6. The van der Waals surface area contributed by atoms with E-state index in [1.54, 1.807) is 0 Å². The van der Waals surface area contributed by atoms with Crippen LogP contribution in [0.25, 0.3) is 0 Å². The molecule has 3 aliphatic rings. The van der Waals surface area contributed by atoms with E-state index in [4.69, 9.17) is 4.74 Å². The van der Waals surface area contributed by atoms with Crippen LogP contribution in [0.4, 0.5) is 0 Å². The van der Waals surface area contributed by atoms with Gasteiger partial charge in [0.15, 0.2) is 5.96 Å². The molecule has 0 spiro atoms. The standard InChI is InChI=1S/C16H29N3O2S.HI/c1-17-15(18-11-16(20)6-9-22-12-16)19-7-4-14(5-8-19)21-10-13-2-3-13;/h13-14,20H,2-12H2,1H3,(H,17,18);1H. The molecule has 5 nitrogen and oxygen atoms in total. The number of nitrogens with one attached hydrogen (secondary N) is 1. The maximum atomic E-state index is 10.4. The molecule has 0 aromatic heterocycles. The SMILES string of the molecule is CN=C(NCC1(O)CCSC1)N1CCC(OCC2CC2)CC1.I. The maximum Gasteiger partial charge on any atom is 0.193 e. The fourth-order valence-corrected chi connectivity index (χ4v) is 4.40. The number of aliphatic hydroxyl groups is 1. The number of thioether (sulfide) groups is 1. The van der Waals surface area contributed by atoms with E-state index in [1.807, 2.05) is 18.8 Å². The molecule has 7 heteroatoms. The number of hydrogen-bond acceptors (Lipinski definition) is 4. The van der Waals surface area contributed by atoms with E-state index >= 15 is 0 Å². The minimum Gasteiger partial charge on any atom is -0.387 e. The smallest absolute Gasteiger partial charge is 0.193 e. The average Bonchev–Trinajstić information content (AvgIpc) is 3.27. The number of nitrogens with zero attached hydrogens (tertiary/aromatic N) is 2. The Hall–Kier alpha value is 0.270. The Balaban J connectivity index is 0.00000192. The lowest BCUT2D eigenvalue weighted by Crippen LogP contribution is -2.51. The van der Waals surface area contributed by atoms with Gasteiger partial charge in [-0.1, -0.05) is 0 Å². The van der Waals surface area contributed by atoms with Crippen LogP contribution in [0.2, 0.25) is 0 Å². The third-order valence-electron chi connectivity index (χ3n) is 4.88. The zero-order chi connectivity index (χ0) is 15.4. The van der Waals surface area contributed by atoms with Crippen LogP contribution in [0, 0.1) is 5.92 Å². The summed E-state index contributed by atoms with van der Waals surface area (Å²) in [5.41, 5.74) is -0.563. The zero-order valence-corrected chi connectivity index (χ0v) is 17.1. The summed E-state index contributed by atoms with van der Waals surface area (Å²) in [6.07, 6.45) is 6.16. The second-order valence-corrected chi connectivity index (χ2v) is 8.00. The van der Waals surface area contributed by atoms with Gasteiger partial charge in [-0.15, -0.1) is 24.0 Å². The summed E-state index contributed by atoms with van der Waals surface area (Å²) in [5, 5.41) is 13.8. The van der Waals surface area contributed by atoms with Gasteiger partial charge in [0.2, 0.25) is 0 Å². The van der Waals surface area contributed by atoms with Gasteiger partial charge in [0, 0.05) is 39.0 Å². The molecular formula is C16H30IN3O2S. The van der Waals surface area contributed by atoms with E-state index in [-0.39, 0.29) is 24.0 Å². The van der Waals surface area contributed by atoms with Crippen LogP contribution in [-0.4, -0.2) is 72.5 Å². The highest BCUT2D eigenvalue weighted by Gasteiger charge is 2.32. The number of guanidine groups is 1. The van der Waals surface area contributed by atoms with Gasteiger partial charge in [-0.25, -0.2) is 0 Å². The van der Waals surface area contributed by atoms with E-state index in [2.05, 4.69) is 15.2 Å². The van der Waals surface area contributed by atoms with Gasteiger partial charge >= 0.3 is 0 Å². The minimum absolute atomic E-state index is 0. The van der Waals surface area contributed by atoms with Gasteiger partial charge in [-0.05, 0) is 43.8 Å². The lowest BCUT2D eigenvalue weighted by Gasteiger charge is -2.35. The Kier molecular flexibility index (Phi) is 7.75. The predicted molar refractivity (Wildman–Crippen MR) is 107 cm³/mol. The van der Waals surface area contributed by atoms with Crippen LogP contribution >= 0.6 is 35.7 Å². The second-order valence-electron chi connectivity index (χ2n) is 6.89. The quantitative estimate of drug-likeness (QED) is 0.377. The third kappa shape index (κ3) is 5.93. The Morgan fingerprint density at radius 2 is 2.09 bits per heavy atom. The number of piperidine rings is 1. The summed E-state index contributed by atoms with van der Waals surface area (Å²) in [7, 11) is 1.82. The van der Waals surface area contributed by atoms with Gasteiger partial charge in [0.1, 0.15) is 0 Å². The molecule has 0 bridgehead atoms. The van der Waals surface area contributed by atoms with Gasteiger partial charge in [0.05, 0.1) is 11.7 Å². The van der Waals surface area contributed by atoms with Crippen molar-refractivity contribution in [2.45, 2.75) is 43.8 Å². The number of likely N-dealkylation sites (tertiary alicyclic amines) is 1. The highest BCUT2D eigenvalue weighted by Crippen LogP contribution is 2.30. The lowest BCUT2D eigenvalue weighted by molar-refractivity contribution is 0.0126. The molecule has 134 valence electrons. The fraction of sp³-hybridized carbons (Fsp3) is 0.938. The third-order valence-corrected chi connectivity index (χ3v) is 6.11. The molecule has 0 amide bonds. The molecule has 23 heavy (non-hydrogen) atoms. The summed E-state index contributed by atoms with van der Waals surface area (Å²) >= 11 is 1.83. The molecule has 2 saturated heterocycles. The number of aliphatic imine (C=N–C) groups is 1. The molecular weight excluding hydrogens is 425 g/mol. The van der Waals surface area contributed by atoms with Gasteiger partial charge in [-0.2, -0.15) is 11.8 Å². The van der Waals surface area contributed by atoms with Crippen LogP contribution in [-0.2, 0) is 4.74 Å². The number of ether oxygens (including phenoxy) is 1. The Labute approximate surface area is 161 Å². The normalized spacial score (nSPS) is 29.5. The van der Waals surface area contributed by atoms with E-state index in [9.17, 15) is 5.11 Å². The monoisotopic (exact) mass is 455 g/mol. The average molecular weight is 455 g/mol. The van der Waals surface area contributed by atoms with Crippen molar-refractivity contribution in [3.05, 3.63) is 0 Å². The van der Waals surface area contributed by atoms with E-state index in [0.717, 1.165) is 62.3 Å². The molecule has 2 aliphatic heterocycles. The molecule has 1 saturated carbocycles. The lowest BCUT2D eigenvalue weighted by atomic mass is 10.0. The molecule has 3 rings (SSSR count). The summed E-state index contributed by atoms with van der Waals surface area (Å²) in [6, 6.07) is 0. The zero-order valence-electron chi connectivity index (χ0n) is 14.0. The first-order valence-electron chi connectivity index (χ1n) is 8.56. The molecule has 3 fully saturated rings. The number of halogens is 1. The van der Waals surface area contributed by atoms with E-state index < -0.39 is 5.60 Å². The van der Waals surface area contributed by atoms with Crippen molar-refractivity contribution >= 4 is 41.7 Å². The Morgan fingerprint density at radius 1 is 1.35 bits per heavy atom. The Bertz CT molecular complexity index is 393. The molecule has 1 aliphatic carbocycles. The van der Waals surface area contributed by atoms with E-state index in [1.165, 1.54) is 12.8 Å². The van der Waals surface area contributed by atoms with Crippen LogP contribution in [0.15, 0.2) is 4.99 Å². The molecule has 2 N–H and O–H groups in total. The fourth-order valence-electron chi connectivity index (χ4n) is 3.10. The summed E-state index contributed by atoms with van der Waals surface area (Å²) < 4.78 is 6.00. The summed E-state index contributed by atoms with van der Waals surface area (Å²) in [5.74, 6) is 3.65. The largest absolute Gasteiger partial charge is 0.387 e.